The number of hydrogen-bond acceptors (Lipinski definition) is 6. The first-order valence-electron chi connectivity index (χ1n) is 9.12. The average Bonchev–Trinajstić information content (AvgIpc) is 2.65. The zero-order valence-electron chi connectivity index (χ0n) is 14.5. The van der Waals surface area contributed by atoms with Gasteiger partial charge in [0.2, 0.25) is 5.95 Å². The molecule has 1 saturated heterocycles. The predicted molar refractivity (Wildman–Crippen MR) is 96.0 cm³/mol. The molecule has 132 valence electrons. The molecule has 0 unspecified atom stereocenters. The number of nitrogen functional groups attached to an aromatic ring is 1. The topological polar surface area (TPSA) is 77.2 Å². The van der Waals surface area contributed by atoms with Gasteiger partial charge in [-0.25, -0.2) is 9.97 Å². The maximum Gasteiger partial charge on any atom is 0.220 e. The van der Waals surface area contributed by atoms with Gasteiger partial charge < -0.3 is 15.4 Å². The van der Waals surface area contributed by atoms with Crippen molar-refractivity contribution in [3.05, 3.63) is 47.5 Å². The van der Waals surface area contributed by atoms with Gasteiger partial charge in [-0.2, -0.15) is 0 Å². The Morgan fingerprint density at radius 2 is 2.12 bits per heavy atom. The van der Waals surface area contributed by atoms with E-state index in [2.05, 4.69) is 25.9 Å². The Hall–Kier alpha value is -2.05. The maximum atomic E-state index is 6.23. The molecule has 4 rings (SSSR count). The van der Waals surface area contributed by atoms with E-state index in [-0.39, 0.29) is 5.60 Å². The van der Waals surface area contributed by atoms with E-state index in [1.165, 1.54) is 11.1 Å². The number of likely N-dealkylation sites (tertiary alicyclic amines) is 1. The Morgan fingerprint density at radius 1 is 1.24 bits per heavy atom. The van der Waals surface area contributed by atoms with Crippen molar-refractivity contribution < 1.29 is 4.74 Å². The summed E-state index contributed by atoms with van der Waals surface area (Å²) >= 11 is 0. The number of ether oxygens (including phenoxy) is 1. The Labute approximate surface area is 148 Å². The van der Waals surface area contributed by atoms with E-state index in [0.717, 1.165) is 64.0 Å². The molecular weight excluding hydrogens is 314 g/mol. The van der Waals surface area contributed by atoms with Gasteiger partial charge in [0.25, 0.3) is 0 Å². The third-order valence-corrected chi connectivity index (χ3v) is 5.39. The maximum absolute atomic E-state index is 6.23. The lowest BCUT2D eigenvalue weighted by Crippen LogP contribution is -2.47. The minimum atomic E-state index is -0.259. The molecule has 2 aliphatic heterocycles. The van der Waals surface area contributed by atoms with Crippen LogP contribution < -0.4 is 5.73 Å². The van der Waals surface area contributed by atoms with Crippen LogP contribution in [0.1, 0.15) is 36.1 Å². The highest BCUT2D eigenvalue weighted by Crippen LogP contribution is 2.40. The molecule has 6 nitrogen and oxygen atoms in total. The summed E-state index contributed by atoms with van der Waals surface area (Å²) in [5.41, 5.74) is 9.11. The van der Waals surface area contributed by atoms with Crippen molar-refractivity contribution in [2.24, 2.45) is 0 Å². The largest absolute Gasteiger partial charge is 0.368 e. The van der Waals surface area contributed by atoms with Gasteiger partial charge in [-0.05, 0) is 55.8 Å². The van der Waals surface area contributed by atoms with Crippen LogP contribution in [0.2, 0.25) is 0 Å². The second-order valence-corrected chi connectivity index (χ2v) is 7.00. The van der Waals surface area contributed by atoms with Gasteiger partial charge in [-0.3, -0.25) is 4.98 Å². The van der Waals surface area contributed by atoms with Gasteiger partial charge in [0.1, 0.15) is 5.60 Å². The minimum absolute atomic E-state index is 0.259. The lowest BCUT2D eigenvalue weighted by atomic mass is 9.83. The van der Waals surface area contributed by atoms with Crippen molar-refractivity contribution in [2.45, 2.75) is 37.7 Å². The standard InChI is InChI=1S/C19H25N5O/c20-18-22-14-16-5-12-25-19(17(16)23-18)6-10-24(11-7-19)9-2-4-15-3-1-8-21-13-15/h1,3,8,13-14H,2,4-7,9-12H2,(H2,20,22,23). The van der Waals surface area contributed by atoms with Crippen LogP contribution in [-0.4, -0.2) is 46.1 Å². The average molecular weight is 339 g/mol. The van der Waals surface area contributed by atoms with Gasteiger partial charge in [0, 0.05) is 31.7 Å². The van der Waals surface area contributed by atoms with E-state index >= 15 is 0 Å². The molecule has 2 aromatic heterocycles. The van der Waals surface area contributed by atoms with Crippen LogP contribution in [0, 0.1) is 0 Å². The molecule has 0 aromatic carbocycles. The van der Waals surface area contributed by atoms with Gasteiger partial charge in [0.15, 0.2) is 0 Å². The van der Waals surface area contributed by atoms with Crippen molar-refractivity contribution >= 4 is 5.95 Å². The summed E-state index contributed by atoms with van der Waals surface area (Å²) in [4.78, 5) is 15.4. The van der Waals surface area contributed by atoms with Crippen molar-refractivity contribution in [3.8, 4) is 0 Å². The Morgan fingerprint density at radius 3 is 2.92 bits per heavy atom. The molecule has 2 aromatic rings. The second kappa shape index (κ2) is 7.06. The lowest BCUT2D eigenvalue weighted by molar-refractivity contribution is -0.101. The third-order valence-electron chi connectivity index (χ3n) is 5.39. The van der Waals surface area contributed by atoms with Crippen molar-refractivity contribution in [3.63, 3.8) is 0 Å². The quantitative estimate of drug-likeness (QED) is 0.917. The first kappa shape index (κ1) is 16.4. The van der Waals surface area contributed by atoms with Crippen molar-refractivity contribution in [1.29, 1.82) is 0 Å². The number of pyridine rings is 1. The van der Waals surface area contributed by atoms with E-state index in [1.54, 1.807) is 0 Å². The summed E-state index contributed by atoms with van der Waals surface area (Å²) in [5.74, 6) is 0.350. The highest BCUT2D eigenvalue weighted by molar-refractivity contribution is 5.32. The van der Waals surface area contributed by atoms with Crippen LogP contribution in [-0.2, 0) is 23.2 Å². The van der Waals surface area contributed by atoms with Crippen molar-refractivity contribution in [2.75, 3.05) is 32.0 Å². The number of nitrogens with two attached hydrogens (primary N) is 1. The molecule has 0 aliphatic carbocycles. The normalized spacial score (nSPS) is 19.7. The Kier molecular flexibility index (Phi) is 4.63. The molecule has 2 aliphatic rings. The summed E-state index contributed by atoms with van der Waals surface area (Å²) in [6, 6.07) is 4.15. The molecule has 0 atom stereocenters. The zero-order valence-corrected chi connectivity index (χ0v) is 14.5. The van der Waals surface area contributed by atoms with E-state index in [4.69, 9.17) is 10.5 Å². The summed E-state index contributed by atoms with van der Waals surface area (Å²) in [6.45, 7) is 3.94. The van der Waals surface area contributed by atoms with Crippen LogP contribution in [0.15, 0.2) is 30.7 Å². The monoisotopic (exact) mass is 339 g/mol. The fourth-order valence-corrected chi connectivity index (χ4v) is 3.99. The highest BCUT2D eigenvalue weighted by atomic mass is 16.5. The number of anilines is 1. The molecule has 1 fully saturated rings. The minimum Gasteiger partial charge on any atom is -0.368 e. The number of nitrogens with zero attached hydrogens (tertiary/aromatic N) is 4. The summed E-state index contributed by atoms with van der Waals surface area (Å²) in [6.07, 6.45) is 10.7. The van der Waals surface area contributed by atoms with Crippen LogP contribution in [0.3, 0.4) is 0 Å². The molecule has 0 saturated carbocycles. The lowest BCUT2D eigenvalue weighted by Gasteiger charge is -2.44. The molecule has 0 amide bonds. The summed E-state index contributed by atoms with van der Waals surface area (Å²) in [7, 11) is 0. The first-order valence-corrected chi connectivity index (χ1v) is 9.12. The highest BCUT2D eigenvalue weighted by Gasteiger charge is 2.42. The summed E-state index contributed by atoms with van der Waals surface area (Å²) in [5, 5.41) is 0. The van der Waals surface area contributed by atoms with Crippen LogP contribution in [0.5, 0.6) is 0 Å². The zero-order chi connectivity index (χ0) is 17.1. The fourth-order valence-electron chi connectivity index (χ4n) is 3.99. The Bertz CT molecular complexity index is 713. The smallest absolute Gasteiger partial charge is 0.220 e. The van der Waals surface area contributed by atoms with Gasteiger partial charge in [-0.1, -0.05) is 6.07 Å². The van der Waals surface area contributed by atoms with Gasteiger partial charge in [-0.15, -0.1) is 0 Å². The van der Waals surface area contributed by atoms with E-state index in [1.807, 2.05) is 24.7 Å². The van der Waals surface area contributed by atoms with Gasteiger partial charge in [0.05, 0.1) is 12.3 Å². The molecule has 2 N–H and O–H groups in total. The molecule has 0 bridgehead atoms. The number of aromatic nitrogens is 3. The van der Waals surface area contributed by atoms with E-state index in [9.17, 15) is 0 Å². The Balaban J connectivity index is 1.35. The van der Waals surface area contributed by atoms with Crippen LogP contribution >= 0.6 is 0 Å². The third kappa shape index (κ3) is 3.50. The fraction of sp³-hybridized carbons (Fsp3) is 0.526. The van der Waals surface area contributed by atoms with E-state index in [0.29, 0.717) is 5.95 Å². The van der Waals surface area contributed by atoms with Crippen LogP contribution in [0.25, 0.3) is 0 Å². The molecule has 6 heteroatoms. The molecule has 1 spiro atoms. The first-order chi connectivity index (χ1) is 12.3. The molecule has 4 heterocycles. The number of fused-ring (bicyclic) bond motifs is 2. The predicted octanol–water partition coefficient (Wildman–Crippen LogP) is 1.95. The van der Waals surface area contributed by atoms with Gasteiger partial charge >= 0.3 is 0 Å². The number of aryl methyl sites for hydroxylation is 1. The SMILES string of the molecule is Nc1ncc2c(n1)C1(CCN(CCCc3cccnc3)CC1)OCC2. The molecule has 0 radical (unpaired) electrons. The molecule has 25 heavy (non-hydrogen) atoms. The second-order valence-electron chi connectivity index (χ2n) is 7.00. The number of rotatable bonds is 4. The number of hydrogen-bond donors (Lipinski definition) is 1. The summed E-state index contributed by atoms with van der Waals surface area (Å²) < 4.78 is 6.23. The van der Waals surface area contributed by atoms with E-state index < -0.39 is 0 Å². The molecular formula is C19H25N5O. The van der Waals surface area contributed by atoms with Crippen LogP contribution in [0.4, 0.5) is 5.95 Å². The van der Waals surface area contributed by atoms with Crippen molar-refractivity contribution in [1.82, 2.24) is 19.9 Å². The number of piperidine rings is 1.